The van der Waals surface area contributed by atoms with Crippen molar-refractivity contribution >= 4 is 0 Å². The van der Waals surface area contributed by atoms with Crippen molar-refractivity contribution in [3.05, 3.63) is 0 Å². The summed E-state index contributed by atoms with van der Waals surface area (Å²) in [5, 5.41) is 8.25. The minimum absolute atomic E-state index is 0.296. The van der Waals surface area contributed by atoms with Gasteiger partial charge in [-0.25, -0.2) is 4.39 Å². The maximum atomic E-state index is 12.4. The van der Waals surface area contributed by atoms with Crippen LogP contribution in [0.1, 0.15) is 19.3 Å². The Morgan fingerprint density at radius 2 is 2.25 bits per heavy atom. The fraction of sp³-hybridized carbons (Fsp3) is 0.833. The van der Waals surface area contributed by atoms with Gasteiger partial charge in [-0.05, 0) is 19.3 Å². The SMILES string of the molecule is N#C[C@@H]1CCC[C@H]1F. The summed E-state index contributed by atoms with van der Waals surface area (Å²) in [6.45, 7) is 0. The Kier molecular flexibility index (Phi) is 1.48. The van der Waals surface area contributed by atoms with Gasteiger partial charge in [-0.15, -0.1) is 0 Å². The predicted octanol–water partition coefficient (Wildman–Crippen LogP) is 1.65. The number of alkyl halides is 1. The summed E-state index contributed by atoms with van der Waals surface area (Å²) in [4.78, 5) is 0. The molecule has 1 rings (SSSR count). The molecule has 0 amide bonds. The smallest absolute Gasteiger partial charge is 0.116 e. The highest BCUT2D eigenvalue weighted by molar-refractivity contribution is 4.92. The number of hydrogen-bond acceptors (Lipinski definition) is 1. The topological polar surface area (TPSA) is 23.8 Å². The lowest BCUT2D eigenvalue weighted by Gasteiger charge is -1.97. The van der Waals surface area contributed by atoms with E-state index in [1.54, 1.807) is 0 Å². The molecule has 1 fully saturated rings. The van der Waals surface area contributed by atoms with Crippen molar-refractivity contribution in [3.8, 4) is 6.07 Å². The third-order valence-electron chi connectivity index (χ3n) is 1.60. The quantitative estimate of drug-likeness (QED) is 0.468. The average Bonchev–Trinajstić information content (AvgIpc) is 2.14. The molecule has 0 aromatic heterocycles. The van der Waals surface area contributed by atoms with Gasteiger partial charge in [0.05, 0.1) is 12.0 Å². The van der Waals surface area contributed by atoms with E-state index in [0.717, 1.165) is 12.8 Å². The molecule has 0 aromatic rings. The van der Waals surface area contributed by atoms with Gasteiger partial charge in [-0.3, -0.25) is 0 Å². The Labute approximate surface area is 48.1 Å². The fourth-order valence-corrected chi connectivity index (χ4v) is 1.06. The van der Waals surface area contributed by atoms with Crippen LogP contribution in [0.15, 0.2) is 0 Å². The van der Waals surface area contributed by atoms with Gasteiger partial charge >= 0.3 is 0 Å². The Balaban J connectivity index is 2.45. The van der Waals surface area contributed by atoms with Gasteiger partial charge in [0.15, 0.2) is 0 Å². The molecular weight excluding hydrogens is 105 g/mol. The van der Waals surface area contributed by atoms with Gasteiger partial charge in [0.2, 0.25) is 0 Å². The van der Waals surface area contributed by atoms with Gasteiger partial charge in [0.25, 0.3) is 0 Å². The molecular formula is C6H8FN. The summed E-state index contributed by atoms with van der Waals surface area (Å²) in [6, 6.07) is 1.94. The Bertz CT molecular complexity index is 116. The molecule has 2 atom stereocenters. The molecule has 8 heavy (non-hydrogen) atoms. The lowest BCUT2D eigenvalue weighted by Crippen LogP contribution is -2.03. The van der Waals surface area contributed by atoms with Crippen molar-refractivity contribution in [2.45, 2.75) is 25.4 Å². The summed E-state index contributed by atoms with van der Waals surface area (Å²) < 4.78 is 12.4. The molecule has 0 bridgehead atoms. The Morgan fingerprint density at radius 3 is 2.50 bits per heavy atom. The minimum Gasteiger partial charge on any atom is -0.246 e. The van der Waals surface area contributed by atoms with E-state index in [9.17, 15) is 4.39 Å². The van der Waals surface area contributed by atoms with Crippen LogP contribution >= 0.6 is 0 Å². The van der Waals surface area contributed by atoms with Crippen LogP contribution in [0.2, 0.25) is 0 Å². The van der Waals surface area contributed by atoms with E-state index in [2.05, 4.69) is 0 Å². The van der Waals surface area contributed by atoms with Crippen molar-refractivity contribution < 1.29 is 4.39 Å². The van der Waals surface area contributed by atoms with Crippen LogP contribution in [0, 0.1) is 17.2 Å². The number of nitriles is 1. The molecule has 1 saturated carbocycles. The summed E-state index contributed by atoms with van der Waals surface area (Å²) >= 11 is 0. The number of hydrogen-bond donors (Lipinski definition) is 0. The molecule has 44 valence electrons. The largest absolute Gasteiger partial charge is 0.246 e. The second-order valence-corrected chi connectivity index (χ2v) is 2.18. The van der Waals surface area contributed by atoms with Crippen LogP contribution in [0.4, 0.5) is 4.39 Å². The van der Waals surface area contributed by atoms with Crippen LogP contribution in [0.5, 0.6) is 0 Å². The first-order valence-corrected chi connectivity index (χ1v) is 2.88. The van der Waals surface area contributed by atoms with E-state index < -0.39 is 6.17 Å². The number of halogens is 1. The second-order valence-electron chi connectivity index (χ2n) is 2.18. The van der Waals surface area contributed by atoms with Gasteiger partial charge in [0, 0.05) is 0 Å². The standard InChI is InChI=1S/C6H8FN/c7-6-3-1-2-5(6)4-8/h5-6H,1-3H2/t5-,6+/m0/s1. The summed E-state index contributed by atoms with van der Waals surface area (Å²) in [7, 11) is 0. The third-order valence-corrected chi connectivity index (χ3v) is 1.60. The van der Waals surface area contributed by atoms with E-state index in [0.29, 0.717) is 6.42 Å². The van der Waals surface area contributed by atoms with E-state index in [4.69, 9.17) is 5.26 Å². The van der Waals surface area contributed by atoms with E-state index in [1.165, 1.54) is 0 Å². The summed E-state index contributed by atoms with van der Waals surface area (Å²) in [5.41, 5.74) is 0. The van der Waals surface area contributed by atoms with Gasteiger partial charge in [-0.1, -0.05) is 0 Å². The maximum Gasteiger partial charge on any atom is 0.116 e. The number of nitrogens with zero attached hydrogens (tertiary/aromatic N) is 1. The van der Waals surface area contributed by atoms with Crippen LogP contribution in [0.25, 0.3) is 0 Å². The van der Waals surface area contributed by atoms with Gasteiger partial charge in [0.1, 0.15) is 6.17 Å². The third kappa shape index (κ3) is 0.812. The zero-order valence-electron chi connectivity index (χ0n) is 4.60. The predicted molar refractivity (Wildman–Crippen MR) is 27.8 cm³/mol. The molecule has 1 aliphatic carbocycles. The lowest BCUT2D eigenvalue weighted by atomic mass is 10.1. The highest BCUT2D eigenvalue weighted by Crippen LogP contribution is 2.26. The van der Waals surface area contributed by atoms with E-state index in [-0.39, 0.29) is 5.92 Å². The van der Waals surface area contributed by atoms with Crippen molar-refractivity contribution in [1.82, 2.24) is 0 Å². The summed E-state index contributed by atoms with van der Waals surface area (Å²) in [5.74, 6) is -0.296. The zero-order chi connectivity index (χ0) is 5.98. The van der Waals surface area contributed by atoms with Gasteiger partial charge in [-0.2, -0.15) is 5.26 Å². The Morgan fingerprint density at radius 1 is 1.50 bits per heavy atom. The van der Waals surface area contributed by atoms with Gasteiger partial charge < -0.3 is 0 Å². The van der Waals surface area contributed by atoms with Crippen molar-refractivity contribution in [3.63, 3.8) is 0 Å². The average molecular weight is 113 g/mol. The molecule has 0 radical (unpaired) electrons. The maximum absolute atomic E-state index is 12.4. The molecule has 2 heteroatoms. The highest BCUT2D eigenvalue weighted by atomic mass is 19.1. The minimum atomic E-state index is -0.833. The van der Waals surface area contributed by atoms with Crippen LogP contribution in [0.3, 0.4) is 0 Å². The number of rotatable bonds is 0. The zero-order valence-corrected chi connectivity index (χ0v) is 4.60. The lowest BCUT2D eigenvalue weighted by molar-refractivity contribution is 0.301. The molecule has 0 spiro atoms. The molecule has 0 unspecified atom stereocenters. The molecule has 0 aromatic carbocycles. The van der Waals surface area contributed by atoms with Crippen LogP contribution in [-0.2, 0) is 0 Å². The first-order chi connectivity index (χ1) is 3.84. The van der Waals surface area contributed by atoms with Crippen LogP contribution in [-0.4, -0.2) is 6.17 Å². The Hall–Kier alpha value is -0.580. The normalized spacial score (nSPS) is 37.0. The second kappa shape index (κ2) is 2.13. The summed E-state index contributed by atoms with van der Waals surface area (Å²) in [6.07, 6.45) is 1.41. The van der Waals surface area contributed by atoms with Crippen molar-refractivity contribution in [2.75, 3.05) is 0 Å². The molecule has 1 nitrogen and oxygen atoms in total. The van der Waals surface area contributed by atoms with Crippen molar-refractivity contribution in [2.24, 2.45) is 5.92 Å². The first kappa shape index (κ1) is 5.55. The monoisotopic (exact) mass is 113 g/mol. The van der Waals surface area contributed by atoms with E-state index >= 15 is 0 Å². The molecule has 0 aliphatic heterocycles. The van der Waals surface area contributed by atoms with Crippen molar-refractivity contribution in [1.29, 1.82) is 5.26 Å². The van der Waals surface area contributed by atoms with Crippen LogP contribution < -0.4 is 0 Å². The first-order valence-electron chi connectivity index (χ1n) is 2.88. The highest BCUT2D eigenvalue weighted by Gasteiger charge is 2.25. The molecule has 0 saturated heterocycles. The fourth-order valence-electron chi connectivity index (χ4n) is 1.06. The van der Waals surface area contributed by atoms with E-state index in [1.807, 2.05) is 6.07 Å². The molecule has 0 N–H and O–H groups in total. The molecule has 1 aliphatic rings. The molecule has 0 heterocycles.